The molecule has 2 heterocycles. The first-order chi connectivity index (χ1) is 14.5. The van der Waals surface area contributed by atoms with Crippen molar-refractivity contribution >= 4 is 17.7 Å². The second-order valence-electron chi connectivity index (χ2n) is 7.57. The van der Waals surface area contributed by atoms with Gasteiger partial charge < -0.3 is 14.5 Å². The Hall–Kier alpha value is -2.56. The molecule has 1 aromatic carbocycles. The predicted molar refractivity (Wildman–Crippen MR) is 118 cm³/mol. The summed E-state index contributed by atoms with van der Waals surface area (Å²) in [5.41, 5.74) is 3.49. The second-order valence-corrected chi connectivity index (χ2v) is 8.53. The zero-order valence-electron chi connectivity index (χ0n) is 17.9. The fraction of sp³-hybridized carbons (Fsp3) is 0.435. The molecule has 0 radical (unpaired) electrons. The molecular formula is C23H29N4O2S+. The number of carbonyl (C=O) groups excluding carboxylic acids is 1. The smallest absolute Gasteiger partial charge is 0.233 e. The van der Waals surface area contributed by atoms with E-state index in [-0.39, 0.29) is 5.91 Å². The number of aromatic nitrogens is 1. The lowest BCUT2D eigenvalue weighted by Crippen LogP contribution is -3.15. The van der Waals surface area contributed by atoms with Crippen LogP contribution in [0.5, 0.6) is 5.75 Å². The Morgan fingerprint density at radius 1 is 1.20 bits per heavy atom. The number of hydrogen-bond donors (Lipinski definition) is 1. The number of quaternary nitrogens is 1. The van der Waals surface area contributed by atoms with Crippen LogP contribution >= 0.6 is 11.8 Å². The van der Waals surface area contributed by atoms with Crippen LogP contribution in [0.1, 0.15) is 22.4 Å². The molecule has 158 valence electrons. The van der Waals surface area contributed by atoms with Crippen molar-refractivity contribution in [2.45, 2.75) is 25.8 Å². The van der Waals surface area contributed by atoms with Crippen molar-refractivity contribution in [1.29, 1.82) is 5.26 Å². The Labute approximate surface area is 182 Å². The number of nitrogens with zero attached hydrogens (tertiary/aromatic N) is 3. The molecule has 1 aliphatic rings. The molecule has 1 amide bonds. The van der Waals surface area contributed by atoms with Gasteiger partial charge in [-0.2, -0.15) is 5.26 Å². The Kier molecular flexibility index (Phi) is 7.72. The van der Waals surface area contributed by atoms with Crippen molar-refractivity contribution < 1.29 is 14.4 Å². The molecule has 6 nitrogen and oxygen atoms in total. The van der Waals surface area contributed by atoms with Crippen molar-refractivity contribution in [3.63, 3.8) is 0 Å². The summed E-state index contributed by atoms with van der Waals surface area (Å²) in [5.74, 6) is 1.33. The van der Waals surface area contributed by atoms with Crippen molar-refractivity contribution in [2.24, 2.45) is 0 Å². The first kappa shape index (κ1) is 22.1. The van der Waals surface area contributed by atoms with E-state index in [1.165, 1.54) is 16.7 Å². The number of nitriles is 1. The number of aryl methyl sites for hydroxylation is 1. The molecule has 30 heavy (non-hydrogen) atoms. The summed E-state index contributed by atoms with van der Waals surface area (Å²) in [5, 5.41) is 10.2. The molecule has 0 spiro atoms. The fourth-order valence-electron chi connectivity index (χ4n) is 3.52. The van der Waals surface area contributed by atoms with Crippen LogP contribution in [0.2, 0.25) is 0 Å². The van der Waals surface area contributed by atoms with Crippen molar-refractivity contribution in [3.8, 4) is 11.8 Å². The molecular weight excluding hydrogens is 396 g/mol. The maximum Gasteiger partial charge on any atom is 0.233 e. The molecule has 7 heteroatoms. The minimum absolute atomic E-state index is 0.112. The molecule has 0 saturated carbocycles. The van der Waals surface area contributed by atoms with Crippen molar-refractivity contribution in [2.75, 3.05) is 45.1 Å². The van der Waals surface area contributed by atoms with E-state index in [1.807, 2.05) is 56.0 Å². The highest BCUT2D eigenvalue weighted by atomic mass is 32.2. The van der Waals surface area contributed by atoms with Crippen LogP contribution in [0.3, 0.4) is 0 Å². The van der Waals surface area contributed by atoms with Gasteiger partial charge in [-0.25, -0.2) is 4.98 Å². The minimum Gasteiger partial charge on any atom is -0.488 e. The summed E-state index contributed by atoms with van der Waals surface area (Å²) in [7, 11) is 0. The topological polar surface area (TPSA) is 70.7 Å². The molecule has 0 atom stereocenters. The van der Waals surface area contributed by atoms with Gasteiger partial charge in [-0.1, -0.05) is 30.0 Å². The third-order valence-corrected chi connectivity index (χ3v) is 6.66. The van der Waals surface area contributed by atoms with Crippen LogP contribution < -0.4 is 9.64 Å². The summed E-state index contributed by atoms with van der Waals surface area (Å²) in [6, 6.07) is 12.1. The molecule has 1 N–H and O–H groups in total. The first-order valence-corrected chi connectivity index (χ1v) is 11.3. The van der Waals surface area contributed by atoms with Crippen molar-refractivity contribution in [1.82, 2.24) is 9.88 Å². The number of carbonyl (C=O) groups is 1. The number of hydrogen-bond acceptors (Lipinski definition) is 5. The fourth-order valence-corrected chi connectivity index (χ4v) is 4.51. The molecule has 0 bridgehead atoms. The number of piperazine rings is 1. The molecule has 1 saturated heterocycles. The summed E-state index contributed by atoms with van der Waals surface area (Å²) >= 11 is 1.37. The lowest BCUT2D eigenvalue weighted by Gasteiger charge is -2.32. The zero-order valence-corrected chi connectivity index (χ0v) is 18.7. The predicted octanol–water partition coefficient (Wildman–Crippen LogP) is 1.78. The van der Waals surface area contributed by atoms with Gasteiger partial charge in [0.2, 0.25) is 5.91 Å². The number of rotatable bonds is 7. The number of benzene rings is 1. The van der Waals surface area contributed by atoms with Gasteiger partial charge in [0, 0.05) is 5.69 Å². The van der Waals surface area contributed by atoms with Gasteiger partial charge in [0.1, 0.15) is 30.0 Å². The monoisotopic (exact) mass is 425 g/mol. The van der Waals surface area contributed by atoms with Gasteiger partial charge in [0.15, 0.2) is 0 Å². The number of para-hydroxylation sites is 1. The highest BCUT2D eigenvalue weighted by Crippen LogP contribution is 2.26. The van der Waals surface area contributed by atoms with E-state index >= 15 is 0 Å². The van der Waals surface area contributed by atoms with Crippen LogP contribution in [0, 0.1) is 32.1 Å². The average molecular weight is 426 g/mol. The quantitative estimate of drug-likeness (QED) is 0.685. The van der Waals surface area contributed by atoms with Crippen LogP contribution in [0.25, 0.3) is 0 Å². The Morgan fingerprint density at radius 3 is 2.57 bits per heavy atom. The maximum absolute atomic E-state index is 12.7. The Bertz CT molecular complexity index is 919. The SMILES string of the molecule is Cc1nc(SCC(=O)N2CC[NH+](CCOc3ccccc3)CC2)c(C#N)c(C)c1C. The third kappa shape index (κ3) is 5.53. The standard InChI is InChI=1S/C23H28N4O2S/c1-17-18(2)21(15-24)23(25-19(17)3)30-16-22(28)27-11-9-26(10-12-27)13-14-29-20-7-5-4-6-8-20/h4-8H,9-14,16H2,1-3H3/p+1. The zero-order chi connectivity index (χ0) is 21.5. The molecule has 0 unspecified atom stereocenters. The molecule has 3 rings (SSSR count). The van der Waals surface area contributed by atoms with E-state index in [0.717, 1.165) is 55.3 Å². The van der Waals surface area contributed by atoms with E-state index in [1.54, 1.807) is 0 Å². The first-order valence-electron chi connectivity index (χ1n) is 10.3. The van der Waals surface area contributed by atoms with Gasteiger partial charge in [0.25, 0.3) is 0 Å². The highest BCUT2D eigenvalue weighted by molar-refractivity contribution is 8.00. The third-order valence-electron chi connectivity index (χ3n) is 5.70. The normalized spacial score (nSPS) is 14.4. The summed E-state index contributed by atoms with van der Waals surface area (Å²) in [4.78, 5) is 20.6. The molecule has 1 aromatic heterocycles. The number of amides is 1. The van der Waals surface area contributed by atoms with Gasteiger partial charge >= 0.3 is 0 Å². The number of nitrogens with one attached hydrogen (secondary N) is 1. The number of pyridine rings is 1. The summed E-state index contributed by atoms with van der Waals surface area (Å²) in [6.45, 7) is 10.8. The maximum atomic E-state index is 12.7. The van der Waals surface area contributed by atoms with Gasteiger partial charge in [0.05, 0.1) is 37.5 Å². The van der Waals surface area contributed by atoms with Gasteiger partial charge in [-0.15, -0.1) is 0 Å². The Morgan fingerprint density at radius 2 is 1.90 bits per heavy atom. The molecule has 0 aliphatic carbocycles. The molecule has 1 fully saturated rings. The van der Waals surface area contributed by atoms with Gasteiger partial charge in [-0.05, 0) is 44.0 Å². The highest BCUT2D eigenvalue weighted by Gasteiger charge is 2.24. The summed E-state index contributed by atoms with van der Waals surface area (Å²) < 4.78 is 5.78. The molecule has 1 aliphatic heterocycles. The van der Waals surface area contributed by atoms with E-state index in [9.17, 15) is 10.1 Å². The second kappa shape index (κ2) is 10.5. The van der Waals surface area contributed by atoms with E-state index in [4.69, 9.17) is 4.74 Å². The van der Waals surface area contributed by atoms with Crippen LogP contribution in [-0.2, 0) is 4.79 Å². The average Bonchev–Trinajstić information content (AvgIpc) is 2.77. The van der Waals surface area contributed by atoms with Crippen LogP contribution in [0.15, 0.2) is 35.4 Å². The number of ether oxygens (including phenoxy) is 1. The minimum atomic E-state index is 0.112. The van der Waals surface area contributed by atoms with Crippen molar-refractivity contribution in [3.05, 3.63) is 52.7 Å². The van der Waals surface area contributed by atoms with E-state index in [2.05, 4.69) is 11.1 Å². The summed E-state index contributed by atoms with van der Waals surface area (Å²) in [6.07, 6.45) is 0. The number of thioether (sulfide) groups is 1. The lowest BCUT2D eigenvalue weighted by molar-refractivity contribution is -0.904. The van der Waals surface area contributed by atoms with Gasteiger partial charge in [-0.3, -0.25) is 4.79 Å². The lowest BCUT2D eigenvalue weighted by atomic mass is 10.1. The van der Waals surface area contributed by atoms with E-state index < -0.39 is 0 Å². The largest absolute Gasteiger partial charge is 0.488 e. The van der Waals surface area contributed by atoms with E-state index in [0.29, 0.717) is 22.9 Å². The molecule has 2 aromatic rings. The van der Waals surface area contributed by atoms with Crippen LogP contribution in [-0.4, -0.2) is 60.9 Å². The Balaban J connectivity index is 1.44. The van der Waals surface area contributed by atoms with Crippen LogP contribution in [0.4, 0.5) is 0 Å².